The van der Waals surface area contributed by atoms with E-state index < -0.39 is 23.5 Å². The minimum atomic E-state index is -1.07. The van der Waals surface area contributed by atoms with E-state index >= 15 is 0 Å². The number of carbonyl (C=O) groups is 2. The van der Waals surface area contributed by atoms with Crippen molar-refractivity contribution in [3.05, 3.63) is 52.4 Å². The van der Waals surface area contributed by atoms with Crippen molar-refractivity contribution in [1.29, 1.82) is 0 Å². The van der Waals surface area contributed by atoms with Gasteiger partial charge in [-0.05, 0) is 36.9 Å². The van der Waals surface area contributed by atoms with E-state index in [4.69, 9.17) is 9.15 Å². The van der Waals surface area contributed by atoms with Crippen molar-refractivity contribution in [1.82, 2.24) is 5.32 Å². The summed E-state index contributed by atoms with van der Waals surface area (Å²) in [4.78, 5) is 35.6. The van der Waals surface area contributed by atoms with Gasteiger partial charge < -0.3 is 19.6 Å². The zero-order chi connectivity index (χ0) is 21.0. The van der Waals surface area contributed by atoms with Gasteiger partial charge in [0.05, 0.1) is 5.39 Å². The maximum Gasteiger partial charge on any atom is 0.344 e. The van der Waals surface area contributed by atoms with Crippen LogP contribution in [0.5, 0.6) is 5.75 Å². The second-order valence-electron chi connectivity index (χ2n) is 6.89. The number of nitrogens with one attached hydrogen (secondary N) is 1. The van der Waals surface area contributed by atoms with Gasteiger partial charge in [0.1, 0.15) is 17.4 Å². The molecular formula is C22H23NO6. The molecule has 0 aliphatic rings. The molecule has 0 saturated carbocycles. The average molecular weight is 397 g/mol. The summed E-state index contributed by atoms with van der Waals surface area (Å²) in [5, 5.41) is 13.7. The standard InChI is InChI=1S/C22H23NO6/c1-3-4-9-17(21(25)26)23-19(24)12-28-18-11-10-15-14-7-5-6-8-16(14)22(27)29-20(15)13(18)2/h5-8,10-11,17H,3-4,9,12H2,1-2H3,(H,23,24)(H,25,26). The molecule has 0 bridgehead atoms. The van der Waals surface area contributed by atoms with Gasteiger partial charge in [0.2, 0.25) is 0 Å². The Bertz CT molecular complexity index is 1120. The summed E-state index contributed by atoms with van der Waals surface area (Å²) < 4.78 is 11.1. The molecule has 7 heteroatoms. The molecule has 2 N–H and O–H groups in total. The fourth-order valence-corrected chi connectivity index (χ4v) is 3.26. The number of carboxylic acids is 1. The lowest BCUT2D eigenvalue weighted by Gasteiger charge is -2.15. The second-order valence-corrected chi connectivity index (χ2v) is 6.89. The molecule has 0 spiro atoms. The van der Waals surface area contributed by atoms with Gasteiger partial charge >= 0.3 is 11.6 Å². The molecule has 0 saturated heterocycles. The SMILES string of the molecule is CCCCC(NC(=O)COc1ccc2c(oc(=O)c3ccccc32)c1C)C(=O)O. The lowest BCUT2D eigenvalue weighted by molar-refractivity contribution is -0.142. The smallest absolute Gasteiger partial charge is 0.344 e. The Morgan fingerprint density at radius 2 is 1.86 bits per heavy atom. The fourth-order valence-electron chi connectivity index (χ4n) is 3.26. The first-order valence-corrected chi connectivity index (χ1v) is 9.52. The van der Waals surface area contributed by atoms with Gasteiger partial charge in [-0.2, -0.15) is 0 Å². The maximum atomic E-state index is 12.3. The lowest BCUT2D eigenvalue weighted by atomic mass is 10.0. The largest absolute Gasteiger partial charge is 0.483 e. The Morgan fingerprint density at radius 1 is 1.14 bits per heavy atom. The maximum absolute atomic E-state index is 12.3. The molecule has 1 atom stereocenters. The van der Waals surface area contributed by atoms with Gasteiger partial charge in [-0.15, -0.1) is 0 Å². The van der Waals surface area contributed by atoms with Gasteiger partial charge in [-0.25, -0.2) is 9.59 Å². The summed E-state index contributed by atoms with van der Waals surface area (Å²) in [6.07, 6.45) is 1.91. The predicted octanol–water partition coefficient (Wildman–Crippen LogP) is 3.39. The van der Waals surface area contributed by atoms with E-state index in [0.29, 0.717) is 35.1 Å². The number of rotatable bonds is 8. The van der Waals surface area contributed by atoms with E-state index in [1.807, 2.05) is 19.1 Å². The van der Waals surface area contributed by atoms with Crippen LogP contribution in [0.1, 0.15) is 31.7 Å². The first-order valence-electron chi connectivity index (χ1n) is 9.52. The highest BCUT2D eigenvalue weighted by molar-refractivity contribution is 6.05. The monoisotopic (exact) mass is 397 g/mol. The van der Waals surface area contributed by atoms with E-state index in [9.17, 15) is 19.5 Å². The molecule has 2 aromatic carbocycles. The van der Waals surface area contributed by atoms with Crippen LogP contribution in [0.4, 0.5) is 0 Å². The summed E-state index contributed by atoms with van der Waals surface area (Å²) in [5.41, 5.74) is 0.559. The van der Waals surface area contributed by atoms with E-state index in [-0.39, 0.29) is 6.61 Å². The van der Waals surface area contributed by atoms with Crippen LogP contribution >= 0.6 is 0 Å². The topological polar surface area (TPSA) is 106 Å². The van der Waals surface area contributed by atoms with Gasteiger partial charge in [0.15, 0.2) is 6.61 Å². The average Bonchev–Trinajstić information content (AvgIpc) is 2.71. The third kappa shape index (κ3) is 4.39. The summed E-state index contributed by atoms with van der Waals surface area (Å²) in [5.74, 6) is -1.19. The third-order valence-corrected chi connectivity index (χ3v) is 4.83. The van der Waals surface area contributed by atoms with Crippen LogP contribution in [0.3, 0.4) is 0 Å². The molecule has 1 aromatic heterocycles. The van der Waals surface area contributed by atoms with Gasteiger partial charge in [-0.3, -0.25) is 4.79 Å². The van der Waals surface area contributed by atoms with Crippen LogP contribution in [0.25, 0.3) is 21.7 Å². The number of carboxylic acid groups (broad SMARTS) is 1. The number of ether oxygens (including phenoxy) is 1. The van der Waals surface area contributed by atoms with Crippen LogP contribution < -0.4 is 15.7 Å². The summed E-state index contributed by atoms with van der Waals surface area (Å²) >= 11 is 0. The van der Waals surface area contributed by atoms with Crippen molar-refractivity contribution in [2.75, 3.05) is 6.61 Å². The highest BCUT2D eigenvalue weighted by Crippen LogP contribution is 2.30. The molecule has 7 nitrogen and oxygen atoms in total. The number of fused-ring (bicyclic) bond motifs is 3. The number of aliphatic carboxylic acids is 1. The van der Waals surface area contributed by atoms with Gasteiger partial charge in [0, 0.05) is 10.9 Å². The van der Waals surface area contributed by atoms with E-state index in [1.165, 1.54) is 0 Å². The fraction of sp³-hybridized carbons (Fsp3) is 0.318. The Labute approximate surface area is 167 Å². The van der Waals surface area contributed by atoms with Crippen molar-refractivity contribution in [2.45, 2.75) is 39.2 Å². The molecule has 0 aliphatic heterocycles. The molecule has 3 rings (SSSR count). The first-order chi connectivity index (χ1) is 13.9. The molecule has 1 heterocycles. The second kappa shape index (κ2) is 8.77. The highest BCUT2D eigenvalue weighted by Gasteiger charge is 2.20. The summed E-state index contributed by atoms with van der Waals surface area (Å²) in [7, 11) is 0. The predicted molar refractivity (Wildman–Crippen MR) is 109 cm³/mol. The van der Waals surface area contributed by atoms with Gasteiger partial charge in [-0.1, -0.05) is 38.0 Å². The van der Waals surface area contributed by atoms with E-state index in [1.54, 1.807) is 31.2 Å². The van der Waals surface area contributed by atoms with Crippen molar-refractivity contribution >= 4 is 33.6 Å². The normalized spacial score (nSPS) is 12.1. The molecule has 0 fully saturated rings. The zero-order valence-corrected chi connectivity index (χ0v) is 16.4. The van der Waals surface area contributed by atoms with Crippen molar-refractivity contribution in [3.8, 4) is 5.75 Å². The lowest BCUT2D eigenvalue weighted by Crippen LogP contribution is -2.42. The van der Waals surface area contributed by atoms with Crippen LogP contribution in [-0.2, 0) is 9.59 Å². The Hall–Kier alpha value is -3.35. The molecule has 0 radical (unpaired) electrons. The number of aryl methyl sites for hydroxylation is 1. The molecule has 29 heavy (non-hydrogen) atoms. The van der Waals surface area contributed by atoms with E-state index in [2.05, 4.69) is 5.32 Å². The van der Waals surface area contributed by atoms with Crippen LogP contribution in [0.15, 0.2) is 45.6 Å². The van der Waals surface area contributed by atoms with Crippen molar-refractivity contribution in [2.24, 2.45) is 0 Å². The molecule has 152 valence electrons. The number of benzene rings is 2. The van der Waals surface area contributed by atoms with Gasteiger partial charge in [0.25, 0.3) is 5.91 Å². The Morgan fingerprint density at radius 3 is 2.55 bits per heavy atom. The van der Waals surface area contributed by atoms with Crippen LogP contribution in [-0.4, -0.2) is 29.6 Å². The number of hydrogen-bond donors (Lipinski definition) is 2. The number of amides is 1. The molecule has 3 aromatic rings. The Kier molecular flexibility index (Phi) is 6.16. The molecule has 1 unspecified atom stereocenters. The third-order valence-electron chi connectivity index (χ3n) is 4.83. The summed E-state index contributed by atoms with van der Waals surface area (Å²) in [6, 6.07) is 9.74. The molecule has 1 amide bonds. The van der Waals surface area contributed by atoms with Crippen LogP contribution in [0.2, 0.25) is 0 Å². The number of carbonyl (C=O) groups excluding carboxylic acids is 1. The van der Waals surface area contributed by atoms with E-state index in [0.717, 1.165) is 17.2 Å². The summed E-state index contributed by atoms with van der Waals surface area (Å²) in [6.45, 7) is 3.36. The quantitative estimate of drug-likeness (QED) is 0.446. The number of hydrogen-bond acceptors (Lipinski definition) is 5. The Balaban J connectivity index is 1.79. The molecule has 0 aliphatic carbocycles. The molecular weight excluding hydrogens is 374 g/mol. The zero-order valence-electron chi connectivity index (χ0n) is 16.4. The first kappa shape index (κ1) is 20.4. The number of unbranched alkanes of at least 4 members (excludes halogenated alkanes) is 1. The van der Waals surface area contributed by atoms with Crippen molar-refractivity contribution < 1.29 is 23.8 Å². The van der Waals surface area contributed by atoms with Crippen molar-refractivity contribution in [3.63, 3.8) is 0 Å². The minimum Gasteiger partial charge on any atom is -0.483 e. The minimum absolute atomic E-state index is 0.333. The van der Waals surface area contributed by atoms with Crippen LogP contribution in [0, 0.1) is 6.92 Å². The highest BCUT2D eigenvalue weighted by atomic mass is 16.5.